The van der Waals surface area contributed by atoms with Crippen LogP contribution in [0.4, 0.5) is 23.1 Å². The van der Waals surface area contributed by atoms with Crippen molar-refractivity contribution in [1.82, 2.24) is 15.0 Å². The number of hydrogen-bond donors (Lipinski definition) is 2. The Morgan fingerprint density at radius 2 is 2.05 bits per heavy atom. The largest absolute Gasteiger partial charge is 0.393 e. The van der Waals surface area contributed by atoms with Crippen molar-refractivity contribution in [3.05, 3.63) is 30.2 Å². The van der Waals surface area contributed by atoms with Crippen LogP contribution in [-0.2, 0) is 4.74 Å². The maximum atomic E-state index is 6.20. The maximum Gasteiger partial charge on any atom is 0.160 e. The number of rotatable bonds is 3. The minimum Gasteiger partial charge on any atom is -0.393 e. The predicted octanol–water partition coefficient (Wildman–Crippen LogP) is 1.34. The van der Waals surface area contributed by atoms with Crippen molar-refractivity contribution in [2.24, 2.45) is 0 Å². The molecule has 7 heteroatoms. The molecule has 1 fully saturated rings. The number of morpholine rings is 1. The van der Waals surface area contributed by atoms with Gasteiger partial charge in [-0.15, -0.1) is 0 Å². The topological polar surface area (TPSA) is 89.2 Å². The van der Waals surface area contributed by atoms with Crippen LogP contribution in [0, 0.1) is 6.92 Å². The number of ether oxygens (including phenoxy) is 1. The van der Waals surface area contributed by atoms with Gasteiger partial charge in [-0.1, -0.05) is 0 Å². The molecule has 0 spiro atoms. The highest BCUT2D eigenvalue weighted by molar-refractivity contribution is 5.77. The standard InChI is InChI=1S/C14H18N6O/c1-10-2-3-16-11(8-10)19-13-12(15)14(18-9-17-13)20-4-6-21-7-5-20/h2-3,8-9H,4-7,15H2,1H3,(H,16,17,18,19). The zero-order chi connectivity index (χ0) is 14.7. The van der Waals surface area contributed by atoms with E-state index in [1.54, 1.807) is 6.20 Å². The number of nitrogens with one attached hydrogen (secondary N) is 1. The Balaban J connectivity index is 1.86. The first-order chi connectivity index (χ1) is 10.2. The Labute approximate surface area is 123 Å². The highest BCUT2D eigenvalue weighted by Crippen LogP contribution is 2.28. The normalized spacial score (nSPS) is 15.0. The summed E-state index contributed by atoms with van der Waals surface area (Å²) in [5.41, 5.74) is 7.85. The molecule has 2 aromatic heterocycles. The molecule has 2 aromatic rings. The fourth-order valence-corrected chi connectivity index (χ4v) is 2.24. The van der Waals surface area contributed by atoms with Crippen molar-refractivity contribution in [2.45, 2.75) is 6.92 Å². The number of pyridine rings is 1. The van der Waals surface area contributed by atoms with E-state index < -0.39 is 0 Å². The zero-order valence-electron chi connectivity index (χ0n) is 11.9. The van der Waals surface area contributed by atoms with Crippen molar-refractivity contribution in [1.29, 1.82) is 0 Å². The molecule has 0 aromatic carbocycles. The second-order valence-corrected chi connectivity index (χ2v) is 4.90. The van der Waals surface area contributed by atoms with Gasteiger partial charge in [0, 0.05) is 19.3 Å². The Bertz CT molecular complexity index is 627. The van der Waals surface area contributed by atoms with E-state index in [1.807, 2.05) is 19.1 Å². The molecule has 0 aliphatic carbocycles. The summed E-state index contributed by atoms with van der Waals surface area (Å²) in [6.07, 6.45) is 3.26. The van der Waals surface area contributed by atoms with Crippen molar-refractivity contribution in [3.63, 3.8) is 0 Å². The second kappa shape index (κ2) is 5.92. The fourth-order valence-electron chi connectivity index (χ4n) is 2.24. The molecule has 21 heavy (non-hydrogen) atoms. The molecule has 1 aliphatic rings. The van der Waals surface area contributed by atoms with Crippen LogP contribution >= 0.6 is 0 Å². The quantitative estimate of drug-likeness (QED) is 0.880. The molecule has 1 aliphatic heterocycles. The van der Waals surface area contributed by atoms with Crippen molar-refractivity contribution < 1.29 is 4.74 Å². The summed E-state index contributed by atoms with van der Waals surface area (Å²) < 4.78 is 5.35. The van der Waals surface area contributed by atoms with Gasteiger partial charge < -0.3 is 20.7 Å². The van der Waals surface area contributed by atoms with Crippen LogP contribution < -0.4 is 16.0 Å². The molecule has 0 amide bonds. The van der Waals surface area contributed by atoms with E-state index in [4.69, 9.17) is 10.5 Å². The van der Waals surface area contributed by atoms with Crippen LogP contribution in [0.2, 0.25) is 0 Å². The Hall–Kier alpha value is -2.41. The molecule has 0 saturated carbocycles. The fraction of sp³-hybridized carbons (Fsp3) is 0.357. The van der Waals surface area contributed by atoms with Crippen LogP contribution in [0.1, 0.15) is 5.56 Å². The van der Waals surface area contributed by atoms with Gasteiger partial charge in [-0.05, 0) is 24.6 Å². The van der Waals surface area contributed by atoms with Crippen molar-refractivity contribution >= 4 is 23.1 Å². The van der Waals surface area contributed by atoms with Gasteiger partial charge in [0.15, 0.2) is 11.6 Å². The Kier molecular flexibility index (Phi) is 3.83. The van der Waals surface area contributed by atoms with Gasteiger partial charge in [0.2, 0.25) is 0 Å². The number of nitrogen functional groups attached to an aromatic ring is 1. The minimum absolute atomic E-state index is 0.530. The highest BCUT2D eigenvalue weighted by atomic mass is 16.5. The molecule has 0 atom stereocenters. The number of anilines is 4. The Morgan fingerprint density at radius 1 is 1.24 bits per heavy atom. The van der Waals surface area contributed by atoms with E-state index in [1.165, 1.54) is 6.33 Å². The van der Waals surface area contributed by atoms with E-state index in [2.05, 4.69) is 25.2 Å². The number of aromatic nitrogens is 3. The minimum atomic E-state index is 0.530. The number of nitrogens with zero attached hydrogens (tertiary/aromatic N) is 4. The number of aryl methyl sites for hydroxylation is 1. The SMILES string of the molecule is Cc1ccnc(Nc2ncnc(N3CCOCC3)c2N)c1. The third-order valence-electron chi connectivity index (χ3n) is 3.34. The number of hydrogen-bond acceptors (Lipinski definition) is 7. The van der Waals surface area contributed by atoms with Crippen molar-refractivity contribution in [3.8, 4) is 0 Å². The zero-order valence-corrected chi connectivity index (χ0v) is 11.9. The summed E-state index contributed by atoms with van der Waals surface area (Å²) in [4.78, 5) is 14.9. The summed E-state index contributed by atoms with van der Waals surface area (Å²) in [6, 6.07) is 3.88. The first-order valence-electron chi connectivity index (χ1n) is 6.87. The predicted molar refractivity (Wildman–Crippen MR) is 81.7 cm³/mol. The summed E-state index contributed by atoms with van der Waals surface area (Å²) in [5.74, 6) is 2.03. The molecule has 3 N–H and O–H groups in total. The van der Waals surface area contributed by atoms with Gasteiger partial charge >= 0.3 is 0 Å². The summed E-state index contributed by atoms with van der Waals surface area (Å²) in [5, 5.41) is 3.15. The lowest BCUT2D eigenvalue weighted by atomic mass is 10.3. The van der Waals surface area contributed by atoms with Crippen LogP contribution in [0.25, 0.3) is 0 Å². The van der Waals surface area contributed by atoms with Crippen LogP contribution in [-0.4, -0.2) is 41.3 Å². The highest BCUT2D eigenvalue weighted by Gasteiger charge is 2.17. The molecule has 3 rings (SSSR count). The van der Waals surface area contributed by atoms with E-state index in [0.29, 0.717) is 30.5 Å². The smallest absolute Gasteiger partial charge is 0.160 e. The third kappa shape index (κ3) is 3.03. The summed E-state index contributed by atoms with van der Waals surface area (Å²) in [6.45, 7) is 4.94. The van der Waals surface area contributed by atoms with E-state index in [0.717, 1.165) is 24.5 Å². The lowest BCUT2D eigenvalue weighted by Gasteiger charge is -2.28. The first-order valence-corrected chi connectivity index (χ1v) is 6.87. The molecule has 0 radical (unpaired) electrons. The summed E-state index contributed by atoms with van der Waals surface area (Å²) >= 11 is 0. The van der Waals surface area contributed by atoms with Crippen LogP contribution in [0.5, 0.6) is 0 Å². The third-order valence-corrected chi connectivity index (χ3v) is 3.34. The molecule has 1 saturated heterocycles. The van der Waals surface area contributed by atoms with Crippen molar-refractivity contribution in [2.75, 3.05) is 42.3 Å². The van der Waals surface area contributed by atoms with Crippen LogP contribution in [0.15, 0.2) is 24.7 Å². The van der Waals surface area contributed by atoms with Gasteiger partial charge in [-0.3, -0.25) is 0 Å². The lowest BCUT2D eigenvalue weighted by Crippen LogP contribution is -2.37. The molecular formula is C14H18N6O. The summed E-state index contributed by atoms with van der Waals surface area (Å²) in [7, 11) is 0. The van der Waals surface area contributed by atoms with Gasteiger partial charge in [-0.2, -0.15) is 0 Å². The molecule has 3 heterocycles. The lowest BCUT2D eigenvalue weighted by molar-refractivity contribution is 0.122. The Morgan fingerprint density at radius 3 is 2.81 bits per heavy atom. The average Bonchev–Trinajstić information content (AvgIpc) is 2.50. The van der Waals surface area contributed by atoms with E-state index in [9.17, 15) is 0 Å². The second-order valence-electron chi connectivity index (χ2n) is 4.90. The molecular weight excluding hydrogens is 268 g/mol. The monoisotopic (exact) mass is 286 g/mol. The van der Waals surface area contributed by atoms with Gasteiger partial charge in [0.05, 0.1) is 13.2 Å². The maximum absolute atomic E-state index is 6.20. The van der Waals surface area contributed by atoms with Crippen LogP contribution in [0.3, 0.4) is 0 Å². The van der Waals surface area contributed by atoms with Gasteiger partial charge in [0.25, 0.3) is 0 Å². The average molecular weight is 286 g/mol. The van der Waals surface area contributed by atoms with Gasteiger partial charge in [0.1, 0.15) is 17.8 Å². The van der Waals surface area contributed by atoms with Gasteiger partial charge in [-0.25, -0.2) is 15.0 Å². The molecule has 0 unspecified atom stereocenters. The first kappa shape index (κ1) is 13.6. The molecule has 7 nitrogen and oxygen atoms in total. The molecule has 110 valence electrons. The number of nitrogens with two attached hydrogens (primary N) is 1. The van der Waals surface area contributed by atoms with E-state index in [-0.39, 0.29) is 0 Å². The van der Waals surface area contributed by atoms with E-state index >= 15 is 0 Å². The molecule has 0 bridgehead atoms.